The summed E-state index contributed by atoms with van der Waals surface area (Å²) in [6, 6.07) is 9.31. The minimum atomic E-state index is -0.650. The molecule has 21 heavy (non-hydrogen) atoms. The number of furan rings is 1. The predicted octanol–water partition coefficient (Wildman–Crippen LogP) is 2.37. The third-order valence-corrected chi connectivity index (χ3v) is 3.12. The van der Waals surface area contributed by atoms with E-state index in [1.807, 2.05) is 0 Å². The van der Waals surface area contributed by atoms with Crippen LogP contribution in [0.15, 0.2) is 47.1 Å². The zero-order valence-corrected chi connectivity index (χ0v) is 12.2. The van der Waals surface area contributed by atoms with Crippen molar-refractivity contribution < 1.29 is 14.0 Å². The lowest BCUT2D eigenvalue weighted by molar-refractivity contribution is -0.122. The molecule has 6 heteroatoms. The largest absolute Gasteiger partial charge is 0.467 e. The number of rotatable bonds is 5. The molecule has 0 aliphatic carbocycles. The molecule has 0 spiro atoms. The normalized spacial score (nSPS) is 11.7. The highest BCUT2D eigenvalue weighted by molar-refractivity contribution is 6.30. The number of hydrogen-bond acceptors (Lipinski definition) is 3. The molecule has 0 saturated carbocycles. The van der Waals surface area contributed by atoms with Crippen molar-refractivity contribution in [2.24, 2.45) is 0 Å². The molecule has 0 saturated heterocycles. The number of hydrogen-bond donors (Lipinski definition) is 2. The Morgan fingerprint density at radius 1 is 1.24 bits per heavy atom. The summed E-state index contributed by atoms with van der Waals surface area (Å²) in [6.07, 6.45) is 1.53. The van der Waals surface area contributed by atoms with Gasteiger partial charge in [-0.2, -0.15) is 0 Å². The van der Waals surface area contributed by atoms with Crippen LogP contribution in [0.4, 0.5) is 0 Å². The molecule has 0 radical (unpaired) electrons. The van der Waals surface area contributed by atoms with Crippen molar-refractivity contribution in [2.45, 2.75) is 19.5 Å². The summed E-state index contributed by atoms with van der Waals surface area (Å²) < 4.78 is 5.11. The van der Waals surface area contributed by atoms with E-state index in [2.05, 4.69) is 10.6 Å². The van der Waals surface area contributed by atoms with Gasteiger partial charge in [0.1, 0.15) is 11.8 Å². The first-order valence-electron chi connectivity index (χ1n) is 6.43. The van der Waals surface area contributed by atoms with Crippen LogP contribution < -0.4 is 10.6 Å². The number of halogens is 1. The van der Waals surface area contributed by atoms with Gasteiger partial charge in [-0.25, -0.2) is 0 Å². The molecule has 110 valence electrons. The van der Waals surface area contributed by atoms with E-state index < -0.39 is 6.04 Å². The summed E-state index contributed by atoms with van der Waals surface area (Å²) in [5.41, 5.74) is 0.449. The molecule has 2 amide bonds. The molecule has 1 atom stereocenters. The Bertz CT molecular complexity index is 608. The fraction of sp³-hybridized carbons (Fsp3) is 0.200. The summed E-state index contributed by atoms with van der Waals surface area (Å²) in [7, 11) is 0. The Balaban J connectivity index is 1.85. The number of carbonyl (C=O) groups is 2. The molecule has 5 nitrogen and oxygen atoms in total. The Morgan fingerprint density at radius 3 is 2.57 bits per heavy atom. The van der Waals surface area contributed by atoms with Crippen LogP contribution in [0.25, 0.3) is 0 Å². The monoisotopic (exact) mass is 306 g/mol. The summed E-state index contributed by atoms with van der Waals surface area (Å²) in [5.74, 6) is 0.0422. The molecular formula is C15H15ClN2O3. The van der Waals surface area contributed by atoms with Crippen LogP contribution in [0.3, 0.4) is 0 Å². The van der Waals surface area contributed by atoms with Gasteiger partial charge in [-0.05, 0) is 43.3 Å². The van der Waals surface area contributed by atoms with Crippen molar-refractivity contribution in [2.75, 3.05) is 0 Å². The summed E-state index contributed by atoms with van der Waals surface area (Å²) in [5, 5.41) is 5.85. The molecule has 1 aromatic heterocycles. The molecule has 0 bridgehead atoms. The topological polar surface area (TPSA) is 71.3 Å². The average Bonchev–Trinajstić information content (AvgIpc) is 2.98. The van der Waals surface area contributed by atoms with E-state index in [0.29, 0.717) is 16.3 Å². The van der Waals surface area contributed by atoms with Gasteiger partial charge < -0.3 is 15.1 Å². The Kier molecular flexibility index (Phi) is 5.00. The Morgan fingerprint density at radius 2 is 1.95 bits per heavy atom. The lowest BCUT2D eigenvalue weighted by Crippen LogP contribution is -2.44. The molecule has 0 aliphatic rings. The van der Waals surface area contributed by atoms with Crippen molar-refractivity contribution in [1.82, 2.24) is 10.6 Å². The molecule has 1 aromatic carbocycles. The van der Waals surface area contributed by atoms with Crippen LogP contribution in [-0.4, -0.2) is 17.9 Å². The second-order valence-electron chi connectivity index (χ2n) is 4.50. The number of benzene rings is 1. The van der Waals surface area contributed by atoms with Crippen LogP contribution in [0.5, 0.6) is 0 Å². The third-order valence-electron chi connectivity index (χ3n) is 2.86. The first-order valence-corrected chi connectivity index (χ1v) is 6.80. The summed E-state index contributed by atoms with van der Waals surface area (Å²) in [6.45, 7) is 1.90. The van der Waals surface area contributed by atoms with E-state index in [1.54, 1.807) is 43.3 Å². The van der Waals surface area contributed by atoms with Crippen molar-refractivity contribution in [3.8, 4) is 0 Å². The van der Waals surface area contributed by atoms with Gasteiger partial charge in [0.2, 0.25) is 5.91 Å². The van der Waals surface area contributed by atoms with Gasteiger partial charge in [-0.15, -0.1) is 0 Å². The molecule has 2 N–H and O–H groups in total. The Hall–Kier alpha value is -2.27. The van der Waals surface area contributed by atoms with Crippen molar-refractivity contribution in [3.05, 3.63) is 59.0 Å². The molecule has 0 fully saturated rings. The smallest absolute Gasteiger partial charge is 0.251 e. The van der Waals surface area contributed by atoms with Crippen molar-refractivity contribution in [1.29, 1.82) is 0 Å². The molecule has 0 unspecified atom stereocenters. The second-order valence-corrected chi connectivity index (χ2v) is 4.94. The lowest BCUT2D eigenvalue weighted by Gasteiger charge is -2.13. The third kappa shape index (κ3) is 4.36. The maximum absolute atomic E-state index is 12.0. The van der Waals surface area contributed by atoms with Crippen molar-refractivity contribution >= 4 is 23.4 Å². The predicted molar refractivity (Wildman–Crippen MR) is 78.9 cm³/mol. The molecule has 1 heterocycles. The quantitative estimate of drug-likeness (QED) is 0.891. The van der Waals surface area contributed by atoms with E-state index in [0.717, 1.165) is 0 Å². The molecule has 2 aromatic rings. The van der Waals surface area contributed by atoms with Gasteiger partial charge in [-0.3, -0.25) is 9.59 Å². The standard InChI is InChI=1S/C15H15ClN2O3/c1-10(14(19)17-9-13-3-2-8-21-13)18-15(20)11-4-6-12(16)7-5-11/h2-8,10H,9H2,1H3,(H,17,19)(H,18,20)/t10-/m0/s1. The van der Waals surface area contributed by atoms with E-state index in [-0.39, 0.29) is 18.4 Å². The lowest BCUT2D eigenvalue weighted by atomic mass is 10.2. The van der Waals surface area contributed by atoms with E-state index >= 15 is 0 Å². The molecule has 0 aliphatic heterocycles. The molecular weight excluding hydrogens is 292 g/mol. The van der Waals surface area contributed by atoms with Crippen LogP contribution in [-0.2, 0) is 11.3 Å². The highest BCUT2D eigenvalue weighted by Crippen LogP contribution is 2.09. The van der Waals surface area contributed by atoms with Crippen LogP contribution in [0, 0.1) is 0 Å². The fourth-order valence-electron chi connectivity index (χ4n) is 1.69. The zero-order valence-electron chi connectivity index (χ0n) is 11.4. The first kappa shape index (κ1) is 15.1. The minimum Gasteiger partial charge on any atom is -0.467 e. The van der Waals surface area contributed by atoms with E-state index in [4.69, 9.17) is 16.0 Å². The van der Waals surface area contributed by atoms with Gasteiger partial charge in [0.15, 0.2) is 0 Å². The van der Waals surface area contributed by atoms with E-state index in [1.165, 1.54) is 6.26 Å². The van der Waals surface area contributed by atoms with Crippen LogP contribution in [0.2, 0.25) is 5.02 Å². The van der Waals surface area contributed by atoms with Gasteiger partial charge >= 0.3 is 0 Å². The zero-order chi connectivity index (χ0) is 15.2. The highest BCUT2D eigenvalue weighted by atomic mass is 35.5. The van der Waals surface area contributed by atoms with E-state index in [9.17, 15) is 9.59 Å². The average molecular weight is 307 g/mol. The maximum Gasteiger partial charge on any atom is 0.251 e. The fourth-order valence-corrected chi connectivity index (χ4v) is 1.81. The Labute approximate surface area is 127 Å². The van der Waals surface area contributed by atoms with Gasteiger partial charge in [0.05, 0.1) is 12.8 Å². The van der Waals surface area contributed by atoms with Crippen LogP contribution >= 0.6 is 11.6 Å². The first-order chi connectivity index (χ1) is 10.1. The van der Waals surface area contributed by atoms with Crippen LogP contribution in [0.1, 0.15) is 23.0 Å². The SMILES string of the molecule is C[C@H](NC(=O)c1ccc(Cl)cc1)C(=O)NCc1ccco1. The minimum absolute atomic E-state index is 0.284. The number of amides is 2. The van der Waals surface area contributed by atoms with Crippen molar-refractivity contribution in [3.63, 3.8) is 0 Å². The van der Waals surface area contributed by atoms with Gasteiger partial charge in [0.25, 0.3) is 5.91 Å². The number of carbonyl (C=O) groups excluding carboxylic acids is 2. The van der Waals surface area contributed by atoms with Gasteiger partial charge in [0, 0.05) is 10.6 Å². The summed E-state index contributed by atoms with van der Waals surface area (Å²) in [4.78, 5) is 23.8. The highest BCUT2D eigenvalue weighted by Gasteiger charge is 2.16. The second kappa shape index (κ2) is 6.95. The maximum atomic E-state index is 12.0. The summed E-state index contributed by atoms with van der Waals surface area (Å²) >= 11 is 5.76. The van der Waals surface area contributed by atoms with Gasteiger partial charge in [-0.1, -0.05) is 11.6 Å². The molecule has 2 rings (SSSR count). The number of nitrogens with one attached hydrogen (secondary N) is 2.